The molecule has 3 aromatic rings. The van der Waals surface area contributed by atoms with Crippen LogP contribution < -0.4 is 4.74 Å². The van der Waals surface area contributed by atoms with Crippen molar-refractivity contribution in [3.05, 3.63) is 53.9 Å². The molecule has 2 aromatic heterocycles. The van der Waals surface area contributed by atoms with E-state index in [1.54, 1.807) is 13.2 Å². The molecule has 0 bridgehead atoms. The number of hydrogen-bond acceptors (Lipinski definition) is 6. The average Bonchev–Trinajstić information content (AvgIpc) is 3.10. The van der Waals surface area contributed by atoms with Crippen LogP contribution in [0.25, 0.3) is 22.5 Å². The van der Waals surface area contributed by atoms with Crippen LogP contribution >= 0.6 is 0 Å². The number of ether oxygens (including phenoxy) is 2. The number of aliphatic hydroxyl groups excluding tert-OH is 1. The maximum Gasteiger partial charge on any atom is 0.341 e. The lowest BCUT2D eigenvalue weighted by molar-refractivity contribution is -0.151. The Balaban J connectivity index is 1.94. The Morgan fingerprint density at radius 3 is 2.93 bits per heavy atom. The Morgan fingerprint density at radius 2 is 2.18 bits per heavy atom. The van der Waals surface area contributed by atoms with Crippen molar-refractivity contribution in [2.45, 2.75) is 18.9 Å². The minimum Gasteiger partial charge on any atom is -0.493 e. The minimum atomic E-state index is -1.46. The van der Waals surface area contributed by atoms with Gasteiger partial charge in [0.2, 0.25) is 0 Å². The van der Waals surface area contributed by atoms with Crippen LogP contribution in [-0.4, -0.2) is 39.6 Å². The van der Waals surface area contributed by atoms with Crippen molar-refractivity contribution < 1.29 is 19.4 Å². The lowest BCUT2D eigenvalue weighted by Gasteiger charge is -2.19. The first kappa shape index (κ1) is 18.2. The van der Waals surface area contributed by atoms with E-state index in [4.69, 9.17) is 9.47 Å². The lowest BCUT2D eigenvalue weighted by Crippen LogP contribution is -2.17. The number of esters is 1. The number of carbonyl (C=O) groups excluding carboxylic acids is 1. The second kappa shape index (κ2) is 7.44. The van der Waals surface area contributed by atoms with Crippen molar-refractivity contribution in [3.63, 3.8) is 0 Å². The van der Waals surface area contributed by atoms with E-state index in [2.05, 4.69) is 10.1 Å². The molecule has 0 saturated carbocycles. The topological polar surface area (TPSA) is 86.5 Å². The Bertz CT molecular complexity index is 1010. The Morgan fingerprint density at radius 1 is 1.32 bits per heavy atom. The second-order valence-corrected chi connectivity index (χ2v) is 6.65. The molecular formula is C21H21N3O4. The first-order valence-electron chi connectivity index (χ1n) is 9.10. The molecule has 0 spiro atoms. The summed E-state index contributed by atoms with van der Waals surface area (Å²) in [5, 5.41) is 15.2. The van der Waals surface area contributed by atoms with Gasteiger partial charge in [-0.15, -0.1) is 0 Å². The van der Waals surface area contributed by atoms with Gasteiger partial charge in [0.25, 0.3) is 0 Å². The minimum absolute atomic E-state index is 0.365. The number of pyridine rings is 1. The molecule has 7 nitrogen and oxygen atoms in total. The molecule has 0 saturated heterocycles. The largest absolute Gasteiger partial charge is 0.493 e. The quantitative estimate of drug-likeness (QED) is 0.702. The van der Waals surface area contributed by atoms with Crippen molar-refractivity contribution in [2.24, 2.45) is 7.05 Å². The fraction of sp³-hybridized carbons (Fsp3) is 0.286. The van der Waals surface area contributed by atoms with E-state index in [9.17, 15) is 9.90 Å². The molecule has 4 rings (SSSR count). The zero-order valence-corrected chi connectivity index (χ0v) is 15.8. The third-order valence-corrected chi connectivity index (χ3v) is 4.88. The molecule has 1 N–H and O–H groups in total. The number of carbonyl (C=O) groups is 1. The van der Waals surface area contributed by atoms with Gasteiger partial charge in [0.1, 0.15) is 11.4 Å². The van der Waals surface area contributed by atoms with Crippen LogP contribution in [0.1, 0.15) is 23.8 Å². The number of aliphatic hydroxyl groups is 1. The molecule has 0 aliphatic carbocycles. The maximum atomic E-state index is 12.1. The zero-order valence-electron chi connectivity index (χ0n) is 15.8. The predicted octanol–water partition coefficient (Wildman–Crippen LogP) is 2.68. The fourth-order valence-electron chi connectivity index (χ4n) is 3.56. The Hall–Kier alpha value is -3.19. The highest BCUT2D eigenvalue weighted by Gasteiger charge is 2.30. The van der Waals surface area contributed by atoms with Crippen molar-refractivity contribution in [2.75, 3.05) is 13.7 Å². The summed E-state index contributed by atoms with van der Waals surface area (Å²) in [6.45, 7) is 0.713. The number of aryl methyl sites for hydroxylation is 2. The first-order chi connectivity index (χ1) is 13.6. The molecule has 3 heterocycles. The molecule has 1 unspecified atom stereocenters. The van der Waals surface area contributed by atoms with Gasteiger partial charge in [-0.2, -0.15) is 5.10 Å². The summed E-state index contributed by atoms with van der Waals surface area (Å²) < 4.78 is 12.0. The number of benzene rings is 1. The number of rotatable bonds is 4. The molecule has 7 heteroatoms. The van der Waals surface area contributed by atoms with Gasteiger partial charge in [-0.05, 0) is 48.2 Å². The van der Waals surface area contributed by atoms with Crippen LogP contribution in [0.2, 0.25) is 0 Å². The van der Waals surface area contributed by atoms with Gasteiger partial charge >= 0.3 is 5.97 Å². The summed E-state index contributed by atoms with van der Waals surface area (Å²) in [4.78, 5) is 16.5. The SMILES string of the molecule is COC(=O)C(O)c1c(-c2ccc3c(c2)CCCO3)c(-c2ccccn2)nn1C. The zero-order chi connectivity index (χ0) is 19.7. The monoisotopic (exact) mass is 379 g/mol. The van der Waals surface area contributed by atoms with Gasteiger partial charge in [-0.3, -0.25) is 9.67 Å². The summed E-state index contributed by atoms with van der Waals surface area (Å²) in [5.41, 5.74) is 4.22. The third-order valence-electron chi connectivity index (χ3n) is 4.88. The molecule has 28 heavy (non-hydrogen) atoms. The van der Waals surface area contributed by atoms with E-state index < -0.39 is 12.1 Å². The van der Waals surface area contributed by atoms with E-state index in [1.165, 1.54) is 11.8 Å². The number of fused-ring (bicyclic) bond motifs is 1. The Kier molecular flexibility index (Phi) is 4.83. The molecule has 144 valence electrons. The van der Waals surface area contributed by atoms with Gasteiger partial charge in [0, 0.05) is 18.8 Å². The van der Waals surface area contributed by atoms with Gasteiger partial charge in [-0.1, -0.05) is 12.1 Å². The van der Waals surface area contributed by atoms with Crippen LogP contribution in [0.15, 0.2) is 42.6 Å². The summed E-state index contributed by atoms with van der Waals surface area (Å²) in [6.07, 6.45) is 2.10. The number of methoxy groups -OCH3 is 1. The smallest absolute Gasteiger partial charge is 0.341 e. The van der Waals surface area contributed by atoms with Gasteiger partial charge in [0.05, 0.1) is 25.1 Å². The predicted molar refractivity (Wildman–Crippen MR) is 103 cm³/mol. The highest BCUT2D eigenvalue weighted by Crippen LogP contribution is 2.39. The summed E-state index contributed by atoms with van der Waals surface area (Å²) in [7, 11) is 2.94. The van der Waals surface area contributed by atoms with Crippen molar-refractivity contribution in [1.29, 1.82) is 0 Å². The summed E-state index contributed by atoms with van der Waals surface area (Å²) in [5.74, 6) is 0.131. The van der Waals surface area contributed by atoms with Gasteiger partial charge in [0.15, 0.2) is 6.10 Å². The Labute approximate surface area is 162 Å². The summed E-state index contributed by atoms with van der Waals surface area (Å²) in [6, 6.07) is 11.4. The van der Waals surface area contributed by atoms with Crippen molar-refractivity contribution in [1.82, 2.24) is 14.8 Å². The molecular weight excluding hydrogens is 358 g/mol. The maximum absolute atomic E-state index is 12.1. The molecule has 1 aliphatic rings. The molecule has 0 radical (unpaired) electrons. The first-order valence-corrected chi connectivity index (χ1v) is 9.10. The third kappa shape index (κ3) is 3.14. The molecule has 0 amide bonds. The molecule has 1 aromatic carbocycles. The van der Waals surface area contributed by atoms with E-state index in [-0.39, 0.29) is 0 Å². The van der Waals surface area contributed by atoms with E-state index in [1.807, 2.05) is 36.4 Å². The average molecular weight is 379 g/mol. The molecule has 1 aliphatic heterocycles. The van der Waals surface area contributed by atoms with E-state index in [0.29, 0.717) is 29.3 Å². The molecule has 0 fully saturated rings. The highest BCUT2D eigenvalue weighted by molar-refractivity contribution is 5.87. The number of aromatic nitrogens is 3. The van der Waals surface area contributed by atoms with Crippen LogP contribution in [0.3, 0.4) is 0 Å². The van der Waals surface area contributed by atoms with Crippen molar-refractivity contribution >= 4 is 5.97 Å². The van der Waals surface area contributed by atoms with Crippen molar-refractivity contribution in [3.8, 4) is 28.3 Å². The normalized spacial score (nSPS) is 14.1. The number of nitrogens with zero attached hydrogens (tertiary/aromatic N) is 3. The number of hydrogen-bond donors (Lipinski definition) is 1. The van der Waals surface area contributed by atoms with E-state index >= 15 is 0 Å². The standard InChI is InChI=1S/C21H21N3O4/c1-24-19(20(25)21(26)27-2)17(18(23-24)15-7-3-4-10-22-15)14-8-9-16-13(12-14)6-5-11-28-16/h3-4,7-10,12,20,25H,5-6,11H2,1-2H3. The van der Waals surface area contributed by atoms with Gasteiger partial charge < -0.3 is 14.6 Å². The van der Waals surface area contributed by atoms with Crippen LogP contribution in [0, 0.1) is 0 Å². The summed E-state index contributed by atoms with van der Waals surface area (Å²) >= 11 is 0. The van der Waals surface area contributed by atoms with Crippen LogP contribution in [0.5, 0.6) is 5.75 Å². The van der Waals surface area contributed by atoms with Gasteiger partial charge in [-0.25, -0.2) is 4.79 Å². The fourth-order valence-corrected chi connectivity index (χ4v) is 3.56. The van der Waals surface area contributed by atoms with Crippen LogP contribution in [-0.2, 0) is 23.0 Å². The van der Waals surface area contributed by atoms with E-state index in [0.717, 1.165) is 29.7 Å². The highest BCUT2D eigenvalue weighted by atomic mass is 16.5. The molecule has 1 atom stereocenters. The second-order valence-electron chi connectivity index (χ2n) is 6.65. The van der Waals surface area contributed by atoms with Crippen LogP contribution in [0.4, 0.5) is 0 Å². The lowest BCUT2D eigenvalue weighted by atomic mass is 9.95.